The molecule has 0 aliphatic carbocycles. The molecule has 0 saturated carbocycles. The van der Waals surface area contributed by atoms with Gasteiger partial charge in [-0.05, 0) is 48.6 Å². The minimum absolute atomic E-state index is 0.0655. The first-order valence-corrected chi connectivity index (χ1v) is 9.50. The first kappa shape index (κ1) is 15.9. The number of carboxylic acids is 1. The number of para-hydroxylation sites is 1. The van der Waals surface area contributed by atoms with Crippen LogP contribution in [0.5, 0.6) is 0 Å². The van der Waals surface area contributed by atoms with Gasteiger partial charge in [0, 0.05) is 11.4 Å². The zero-order chi connectivity index (χ0) is 16.4. The van der Waals surface area contributed by atoms with E-state index in [-0.39, 0.29) is 10.5 Å². The molecule has 0 spiro atoms. The fourth-order valence-electron chi connectivity index (χ4n) is 2.44. The molecule has 5 nitrogen and oxygen atoms in total. The zero-order valence-corrected chi connectivity index (χ0v) is 13.8. The maximum atomic E-state index is 13.0. The van der Waals surface area contributed by atoms with Gasteiger partial charge in [-0.1, -0.05) is 12.1 Å². The van der Waals surface area contributed by atoms with Crippen LogP contribution < -0.4 is 4.31 Å². The second-order valence-electron chi connectivity index (χ2n) is 5.08. The smallest absolute Gasteiger partial charge is 0.335 e. The molecule has 7 heteroatoms. The second kappa shape index (κ2) is 6.25. The van der Waals surface area contributed by atoms with Crippen molar-refractivity contribution in [2.24, 2.45) is 0 Å². The van der Waals surface area contributed by atoms with Gasteiger partial charge in [-0.3, -0.25) is 4.31 Å². The lowest BCUT2D eigenvalue weighted by atomic mass is 10.2. The monoisotopic (exact) mass is 349 g/mol. The van der Waals surface area contributed by atoms with Gasteiger partial charge < -0.3 is 5.11 Å². The predicted molar refractivity (Wildman–Crippen MR) is 89.7 cm³/mol. The van der Waals surface area contributed by atoms with Crippen molar-refractivity contribution in [1.82, 2.24) is 0 Å². The number of sulfonamides is 1. The van der Waals surface area contributed by atoms with E-state index < -0.39 is 16.0 Å². The van der Waals surface area contributed by atoms with Crippen LogP contribution in [0.3, 0.4) is 0 Å². The maximum absolute atomic E-state index is 13.0. The molecular weight excluding hydrogens is 334 g/mol. The Morgan fingerprint density at radius 2 is 1.78 bits per heavy atom. The molecule has 0 bridgehead atoms. The van der Waals surface area contributed by atoms with E-state index >= 15 is 0 Å². The lowest BCUT2D eigenvalue weighted by Gasteiger charge is -2.24. The van der Waals surface area contributed by atoms with Gasteiger partial charge in [0.05, 0.1) is 16.1 Å². The van der Waals surface area contributed by atoms with E-state index in [1.807, 2.05) is 18.2 Å². The molecule has 23 heavy (non-hydrogen) atoms. The molecule has 1 N–H and O–H groups in total. The summed E-state index contributed by atoms with van der Waals surface area (Å²) in [5, 5.41) is 8.93. The summed E-state index contributed by atoms with van der Waals surface area (Å²) in [6.07, 6.45) is 0.756. The van der Waals surface area contributed by atoms with E-state index in [0.29, 0.717) is 12.2 Å². The van der Waals surface area contributed by atoms with Crippen molar-refractivity contribution in [3.05, 3.63) is 54.1 Å². The molecule has 0 aromatic heterocycles. The Hall–Kier alpha value is -1.99. The molecule has 1 heterocycles. The lowest BCUT2D eigenvalue weighted by molar-refractivity contribution is 0.0696. The van der Waals surface area contributed by atoms with Crippen molar-refractivity contribution in [1.29, 1.82) is 0 Å². The van der Waals surface area contributed by atoms with Gasteiger partial charge in [-0.2, -0.15) is 0 Å². The molecule has 0 amide bonds. The molecule has 2 aromatic rings. The van der Waals surface area contributed by atoms with Crippen LogP contribution in [0.1, 0.15) is 16.8 Å². The number of carbonyl (C=O) groups is 1. The van der Waals surface area contributed by atoms with Gasteiger partial charge in [-0.25, -0.2) is 13.2 Å². The molecule has 1 aliphatic heterocycles. The van der Waals surface area contributed by atoms with E-state index in [0.717, 1.165) is 17.1 Å². The predicted octanol–water partition coefficient (Wildman–Crippen LogP) is 3.08. The number of hydrogen-bond donors (Lipinski definition) is 1. The topological polar surface area (TPSA) is 74.7 Å². The Morgan fingerprint density at radius 1 is 1.09 bits per heavy atom. The zero-order valence-electron chi connectivity index (χ0n) is 12.2. The Bertz CT molecular complexity index is 831. The summed E-state index contributed by atoms with van der Waals surface area (Å²) in [6, 6.07) is 12.8. The minimum Gasteiger partial charge on any atom is -0.478 e. The normalized spacial score (nSPS) is 14.9. The van der Waals surface area contributed by atoms with Crippen molar-refractivity contribution in [2.75, 3.05) is 16.6 Å². The number of anilines is 1. The molecule has 3 rings (SSSR count). The van der Waals surface area contributed by atoms with Crippen LogP contribution >= 0.6 is 11.8 Å². The van der Waals surface area contributed by atoms with Gasteiger partial charge in [0.15, 0.2) is 0 Å². The molecule has 0 unspecified atom stereocenters. The lowest BCUT2D eigenvalue weighted by Crippen LogP contribution is -2.32. The number of rotatable bonds is 3. The molecule has 0 fully saturated rings. The molecule has 0 atom stereocenters. The van der Waals surface area contributed by atoms with E-state index in [9.17, 15) is 13.2 Å². The third-order valence-corrected chi connectivity index (χ3v) is 6.56. The number of fused-ring (bicyclic) bond motifs is 1. The summed E-state index contributed by atoms with van der Waals surface area (Å²) in [5.41, 5.74) is 0.744. The summed E-state index contributed by atoms with van der Waals surface area (Å²) in [7, 11) is -3.71. The fourth-order valence-corrected chi connectivity index (χ4v) is 5.02. The first-order chi connectivity index (χ1) is 11.0. The van der Waals surface area contributed by atoms with Gasteiger partial charge in [0.25, 0.3) is 10.0 Å². The van der Waals surface area contributed by atoms with Crippen LogP contribution in [0, 0.1) is 0 Å². The van der Waals surface area contributed by atoms with Gasteiger partial charge in [0.2, 0.25) is 0 Å². The highest BCUT2D eigenvalue weighted by molar-refractivity contribution is 7.99. The quantitative estimate of drug-likeness (QED) is 0.922. The molecule has 2 aromatic carbocycles. The summed E-state index contributed by atoms with van der Waals surface area (Å²) in [6.45, 7) is 0.410. The number of hydrogen-bond acceptors (Lipinski definition) is 4. The molecule has 0 radical (unpaired) electrons. The van der Waals surface area contributed by atoms with Crippen LogP contribution in [0.15, 0.2) is 58.3 Å². The van der Waals surface area contributed by atoms with Crippen molar-refractivity contribution in [3.63, 3.8) is 0 Å². The second-order valence-corrected chi connectivity index (χ2v) is 8.08. The Labute approximate surface area is 139 Å². The highest BCUT2D eigenvalue weighted by Crippen LogP contribution is 2.36. The first-order valence-electron chi connectivity index (χ1n) is 7.08. The third kappa shape index (κ3) is 3.07. The van der Waals surface area contributed by atoms with Crippen molar-refractivity contribution >= 4 is 33.4 Å². The van der Waals surface area contributed by atoms with Crippen molar-refractivity contribution in [3.8, 4) is 0 Å². The Morgan fingerprint density at radius 3 is 2.48 bits per heavy atom. The number of carboxylic acid groups (broad SMARTS) is 1. The van der Waals surface area contributed by atoms with Crippen LogP contribution in [0.25, 0.3) is 0 Å². The minimum atomic E-state index is -3.71. The van der Waals surface area contributed by atoms with Crippen LogP contribution in [-0.2, 0) is 10.0 Å². The van der Waals surface area contributed by atoms with E-state index in [1.165, 1.54) is 28.6 Å². The highest BCUT2D eigenvalue weighted by Gasteiger charge is 2.28. The molecule has 1 aliphatic rings. The summed E-state index contributed by atoms with van der Waals surface area (Å²) in [5.74, 6) is -0.216. The number of nitrogens with zero attached hydrogens (tertiary/aromatic N) is 1. The number of thioether (sulfide) groups is 1. The Kier molecular flexibility index (Phi) is 4.32. The van der Waals surface area contributed by atoms with E-state index in [2.05, 4.69) is 0 Å². The fraction of sp³-hybridized carbons (Fsp3) is 0.188. The number of benzene rings is 2. The average molecular weight is 349 g/mol. The highest BCUT2D eigenvalue weighted by atomic mass is 32.2. The van der Waals surface area contributed by atoms with Gasteiger partial charge in [-0.15, -0.1) is 11.8 Å². The van der Waals surface area contributed by atoms with Crippen molar-refractivity contribution < 1.29 is 18.3 Å². The van der Waals surface area contributed by atoms with Gasteiger partial charge in [0.1, 0.15) is 0 Å². The van der Waals surface area contributed by atoms with Crippen LogP contribution in [-0.4, -0.2) is 31.8 Å². The van der Waals surface area contributed by atoms with E-state index in [4.69, 9.17) is 5.11 Å². The molecule has 0 saturated heterocycles. The molecule has 120 valence electrons. The van der Waals surface area contributed by atoms with E-state index in [1.54, 1.807) is 17.8 Å². The molecular formula is C16H15NO4S2. The summed E-state index contributed by atoms with van der Waals surface area (Å²) < 4.78 is 27.3. The average Bonchev–Trinajstić information content (AvgIpc) is 2.77. The Balaban J connectivity index is 2.04. The largest absolute Gasteiger partial charge is 0.478 e. The summed E-state index contributed by atoms with van der Waals surface area (Å²) in [4.78, 5) is 12.0. The maximum Gasteiger partial charge on any atom is 0.335 e. The van der Waals surface area contributed by atoms with Crippen LogP contribution in [0.4, 0.5) is 5.69 Å². The standard InChI is InChI=1S/C16H15NO4S2/c18-16(19)12-6-8-13(9-7-12)23(20,21)17-10-3-11-22-15-5-2-1-4-14(15)17/h1-2,4-9H,3,10-11H2,(H,18,19). The number of aromatic carboxylic acids is 1. The third-order valence-electron chi connectivity index (χ3n) is 3.59. The van der Waals surface area contributed by atoms with Crippen molar-refractivity contribution in [2.45, 2.75) is 16.2 Å². The SMILES string of the molecule is O=C(O)c1ccc(S(=O)(=O)N2CCCSc3ccccc32)cc1. The van der Waals surface area contributed by atoms with Crippen LogP contribution in [0.2, 0.25) is 0 Å². The summed E-state index contributed by atoms with van der Waals surface area (Å²) >= 11 is 1.65. The van der Waals surface area contributed by atoms with Gasteiger partial charge >= 0.3 is 5.97 Å².